The number of hydrogen-bond donors (Lipinski definition) is 2. The molecule has 7 heteroatoms. The zero-order valence-corrected chi connectivity index (χ0v) is 20.5. The van der Waals surface area contributed by atoms with Crippen LogP contribution in [0.3, 0.4) is 0 Å². The quantitative estimate of drug-likeness (QED) is 0.455. The van der Waals surface area contributed by atoms with Crippen LogP contribution in [-0.2, 0) is 22.4 Å². The number of unbranched alkanes of at least 4 members (excludes halogenated alkanes) is 1. The van der Waals surface area contributed by atoms with Crippen LogP contribution >= 0.6 is 0 Å². The lowest BCUT2D eigenvalue weighted by Crippen LogP contribution is -2.34. The van der Waals surface area contributed by atoms with Crippen molar-refractivity contribution in [3.8, 4) is 5.75 Å². The maximum atomic E-state index is 12.3. The van der Waals surface area contributed by atoms with Crippen molar-refractivity contribution in [2.45, 2.75) is 76.0 Å². The largest absolute Gasteiger partial charge is 0.490 e. The summed E-state index contributed by atoms with van der Waals surface area (Å²) < 4.78 is 12.3. The predicted octanol–water partition coefficient (Wildman–Crippen LogP) is 4.61. The summed E-state index contributed by atoms with van der Waals surface area (Å²) in [5, 5.41) is 13.5. The van der Waals surface area contributed by atoms with Gasteiger partial charge in [-0.25, -0.2) is 0 Å². The topological polar surface area (TPSA) is 83.9 Å². The van der Waals surface area contributed by atoms with E-state index in [9.17, 15) is 9.90 Å². The highest BCUT2D eigenvalue weighted by atomic mass is 16.5. The first kappa shape index (κ1) is 24.1. The lowest BCUT2D eigenvalue weighted by atomic mass is 9.96. The number of nitrogens with one attached hydrogen (secondary N) is 1. The van der Waals surface area contributed by atoms with Gasteiger partial charge in [0.1, 0.15) is 11.8 Å². The summed E-state index contributed by atoms with van der Waals surface area (Å²) >= 11 is 0. The zero-order chi connectivity index (χ0) is 24.0. The van der Waals surface area contributed by atoms with Crippen molar-refractivity contribution in [1.29, 1.82) is 0 Å². The van der Waals surface area contributed by atoms with Crippen molar-refractivity contribution < 1.29 is 19.4 Å². The van der Waals surface area contributed by atoms with E-state index < -0.39 is 12.0 Å². The minimum atomic E-state index is -0.831. The number of pyridine rings is 1. The summed E-state index contributed by atoms with van der Waals surface area (Å²) in [6.07, 6.45) is 9.62. The average Bonchev–Trinajstić information content (AvgIpc) is 3.30. The average molecular weight is 480 g/mol. The molecular weight excluding hydrogens is 442 g/mol. The molecule has 1 saturated carbocycles. The number of aliphatic carboxylic acids is 1. The smallest absolute Gasteiger partial charge is 0.325 e. The van der Waals surface area contributed by atoms with E-state index in [4.69, 9.17) is 14.5 Å². The minimum Gasteiger partial charge on any atom is -0.490 e. The third-order valence-corrected chi connectivity index (χ3v) is 7.45. The number of nitrogens with zero attached hydrogens (tertiary/aromatic N) is 2. The third kappa shape index (κ3) is 5.96. The molecule has 35 heavy (non-hydrogen) atoms. The molecule has 3 aliphatic rings. The van der Waals surface area contributed by atoms with Crippen molar-refractivity contribution >= 4 is 11.7 Å². The number of fused-ring (bicyclic) bond motifs is 1. The van der Waals surface area contributed by atoms with Crippen molar-refractivity contribution in [2.75, 3.05) is 31.6 Å². The first-order valence-corrected chi connectivity index (χ1v) is 13.2. The molecule has 0 spiro atoms. The van der Waals surface area contributed by atoms with Crippen molar-refractivity contribution in [2.24, 2.45) is 0 Å². The number of para-hydroxylation sites is 1. The molecule has 1 saturated heterocycles. The number of aromatic nitrogens is 1. The van der Waals surface area contributed by atoms with Crippen LogP contribution in [0.2, 0.25) is 0 Å². The van der Waals surface area contributed by atoms with Crippen LogP contribution in [0.4, 0.5) is 5.69 Å². The maximum absolute atomic E-state index is 12.3. The molecule has 5 rings (SSSR count). The molecular formula is C28H37N3O4. The molecule has 1 aliphatic carbocycles. The fraction of sp³-hybridized carbons (Fsp3) is 0.571. The lowest BCUT2D eigenvalue weighted by Gasteiger charge is -2.30. The molecule has 2 aromatic rings. The number of aryl methyl sites for hydroxylation is 2. The molecule has 0 bridgehead atoms. The number of carboxylic acids is 1. The standard InChI is InChI=1S/C28H37N3O4/c32-28(33)27(23-10-1-2-12-26(23)35-21-8-5-9-21)31-17-15-22(19-31)34-18-4-3-7-20-13-14-24-25(30-20)11-6-16-29-24/h1-2,10,12-14,21-22,27,29H,3-9,11,15-19H2,(H,32,33)/t22-,27?/m1/s1. The minimum absolute atomic E-state index is 0.0736. The molecule has 1 aromatic heterocycles. The summed E-state index contributed by atoms with van der Waals surface area (Å²) in [7, 11) is 0. The predicted molar refractivity (Wildman–Crippen MR) is 135 cm³/mol. The highest BCUT2D eigenvalue weighted by molar-refractivity contribution is 5.76. The fourth-order valence-corrected chi connectivity index (χ4v) is 5.27. The van der Waals surface area contributed by atoms with Crippen LogP contribution in [0.25, 0.3) is 0 Å². The Balaban J connectivity index is 1.09. The van der Waals surface area contributed by atoms with E-state index >= 15 is 0 Å². The van der Waals surface area contributed by atoms with Gasteiger partial charge in [0.15, 0.2) is 0 Å². The van der Waals surface area contributed by atoms with Gasteiger partial charge < -0.3 is 19.9 Å². The summed E-state index contributed by atoms with van der Waals surface area (Å²) in [5.74, 6) is -0.122. The molecule has 2 atom stereocenters. The van der Waals surface area contributed by atoms with Gasteiger partial charge >= 0.3 is 5.97 Å². The van der Waals surface area contributed by atoms with Gasteiger partial charge in [0, 0.05) is 37.5 Å². The van der Waals surface area contributed by atoms with Gasteiger partial charge in [-0.3, -0.25) is 14.7 Å². The molecule has 1 unspecified atom stereocenters. The molecule has 3 heterocycles. The number of benzene rings is 1. The first-order chi connectivity index (χ1) is 17.2. The second-order valence-corrected chi connectivity index (χ2v) is 10.0. The van der Waals surface area contributed by atoms with Gasteiger partial charge in [0.2, 0.25) is 0 Å². The van der Waals surface area contributed by atoms with Gasteiger partial charge in [-0.2, -0.15) is 0 Å². The van der Waals surface area contributed by atoms with Gasteiger partial charge in [-0.15, -0.1) is 0 Å². The number of rotatable bonds is 11. The van der Waals surface area contributed by atoms with E-state index in [0.717, 1.165) is 69.2 Å². The van der Waals surface area contributed by atoms with Crippen LogP contribution in [0, 0.1) is 0 Å². The number of ether oxygens (including phenoxy) is 2. The number of anilines is 1. The van der Waals surface area contributed by atoms with Crippen LogP contribution in [0.1, 0.15) is 67.9 Å². The molecule has 2 N–H and O–H groups in total. The van der Waals surface area contributed by atoms with E-state index in [1.807, 2.05) is 29.2 Å². The summed E-state index contributed by atoms with van der Waals surface area (Å²) in [4.78, 5) is 19.1. The van der Waals surface area contributed by atoms with Crippen molar-refractivity contribution in [1.82, 2.24) is 9.88 Å². The molecule has 7 nitrogen and oxygen atoms in total. The van der Waals surface area contributed by atoms with Gasteiger partial charge in [-0.05, 0) is 76.0 Å². The number of carboxylic acid groups (broad SMARTS) is 1. The third-order valence-electron chi connectivity index (χ3n) is 7.45. The first-order valence-electron chi connectivity index (χ1n) is 13.2. The summed E-state index contributed by atoms with van der Waals surface area (Å²) in [5.41, 5.74) is 4.29. The van der Waals surface area contributed by atoms with E-state index in [0.29, 0.717) is 25.4 Å². The number of likely N-dealkylation sites (tertiary alicyclic amines) is 1. The van der Waals surface area contributed by atoms with E-state index in [-0.39, 0.29) is 12.2 Å². The van der Waals surface area contributed by atoms with Crippen molar-refractivity contribution in [3.63, 3.8) is 0 Å². The van der Waals surface area contributed by atoms with Gasteiger partial charge in [0.25, 0.3) is 0 Å². The highest BCUT2D eigenvalue weighted by Gasteiger charge is 2.36. The Morgan fingerprint density at radius 3 is 2.83 bits per heavy atom. The Kier molecular flexibility index (Phi) is 7.84. The van der Waals surface area contributed by atoms with Crippen LogP contribution in [0.5, 0.6) is 5.75 Å². The molecule has 188 valence electrons. The van der Waals surface area contributed by atoms with E-state index in [1.165, 1.54) is 17.8 Å². The molecule has 0 radical (unpaired) electrons. The summed E-state index contributed by atoms with van der Waals surface area (Å²) in [6.45, 7) is 3.09. The SMILES string of the molecule is O=C(O)C(c1ccccc1OC1CCC1)N1CC[C@@H](OCCCCc2ccc3c(n2)CCCN3)C1. The van der Waals surface area contributed by atoms with Crippen LogP contribution in [0.15, 0.2) is 36.4 Å². The molecule has 1 aromatic carbocycles. The Morgan fingerprint density at radius 1 is 1.11 bits per heavy atom. The normalized spacial score (nSPS) is 21.1. The van der Waals surface area contributed by atoms with Crippen molar-refractivity contribution in [3.05, 3.63) is 53.3 Å². The summed E-state index contributed by atoms with van der Waals surface area (Å²) in [6, 6.07) is 11.2. The van der Waals surface area contributed by atoms with Crippen LogP contribution in [-0.4, -0.2) is 59.4 Å². The Labute approximate surface area is 207 Å². The van der Waals surface area contributed by atoms with Crippen LogP contribution < -0.4 is 10.1 Å². The van der Waals surface area contributed by atoms with E-state index in [2.05, 4.69) is 17.4 Å². The second kappa shape index (κ2) is 11.4. The van der Waals surface area contributed by atoms with Gasteiger partial charge in [-0.1, -0.05) is 18.2 Å². The number of hydrogen-bond acceptors (Lipinski definition) is 6. The monoisotopic (exact) mass is 479 g/mol. The molecule has 2 aliphatic heterocycles. The molecule has 2 fully saturated rings. The Morgan fingerprint density at radius 2 is 2.00 bits per heavy atom. The lowest BCUT2D eigenvalue weighted by molar-refractivity contribution is -0.143. The zero-order valence-electron chi connectivity index (χ0n) is 20.5. The number of carbonyl (C=O) groups is 1. The fourth-order valence-electron chi connectivity index (χ4n) is 5.27. The van der Waals surface area contributed by atoms with E-state index in [1.54, 1.807) is 0 Å². The highest BCUT2D eigenvalue weighted by Crippen LogP contribution is 2.35. The Bertz CT molecular complexity index is 1010. The Hall–Kier alpha value is -2.64. The maximum Gasteiger partial charge on any atom is 0.325 e. The van der Waals surface area contributed by atoms with Gasteiger partial charge in [0.05, 0.1) is 23.6 Å². The molecule has 0 amide bonds. The second-order valence-electron chi connectivity index (χ2n) is 10.0.